The minimum absolute atomic E-state index is 0.0152. The number of anilines is 1. The summed E-state index contributed by atoms with van der Waals surface area (Å²) < 4.78 is 0. The number of carbonyl (C=O) groups excluding carboxylic acids is 1. The Hall–Kier alpha value is -2.13. The van der Waals surface area contributed by atoms with E-state index in [0.717, 1.165) is 11.3 Å². The summed E-state index contributed by atoms with van der Waals surface area (Å²) in [5.74, 6) is 0.0991. The van der Waals surface area contributed by atoms with Crippen LogP contribution < -0.4 is 10.2 Å². The predicted molar refractivity (Wildman–Crippen MR) is 106 cm³/mol. The van der Waals surface area contributed by atoms with Gasteiger partial charge in [-0.3, -0.25) is 4.79 Å². The number of nitrogens with zero attached hydrogens (tertiary/aromatic N) is 1. The van der Waals surface area contributed by atoms with Crippen LogP contribution >= 0.6 is 0 Å². The molecule has 0 heterocycles. The van der Waals surface area contributed by atoms with Gasteiger partial charge in [0.2, 0.25) is 5.91 Å². The fraction of sp³-hybridized carbons (Fsp3) is 0.409. The van der Waals surface area contributed by atoms with Crippen molar-refractivity contribution >= 4 is 11.6 Å². The van der Waals surface area contributed by atoms with E-state index >= 15 is 0 Å². The zero-order valence-electron chi connectivity index (χ0n) is 16.0. The van der Waals surface area contributed by atoms with Crippen LogP contribution in [0.3, 0.4) is 0 Å². The first kappa shape index (κ1) is 19.2. The second-order valence-corrected chi connectivity index (χ2v) is 7.52. The van der Waals surface area contributed by atoms with Crippen LogP contribution in [0.1, 0.15) is 44.9 Å². The van der Waals surface area contributed by atoms with E-state index in [-0.39, 0.29) is 17.4 Å². The summed E-state index contributed by atoms with van der Waals surface area (Å²) in [6.07, 6.45) is 0. The molecular formula is C22H30N2O. The highest BCUT2D eigenvalue weighted by atomic mass is 16.2. The molecule has 0 radical (unpaired) electrons. The van der Waals surface area contributed by atoms with E-state index in [0.29, 0.717) is 13.1 Å². The minimum atomic E-state index is 0.0152. The lowest BCUT2D eigenvalue weighted by Gasteiger charge is -2.33. The molecule has 1 amide bonds. The van der Waals surface area contributed by atoms with Gasteiger partial charge in [-0.1, -0.05) is 69.3 Å². The highest BCUT2D eigenvalue weighted by Gasteiger charge is 2.27. The number of rotatable bonds is 6. The van der Waals surface area contributed by atoms with Gasteiger partial charge in [0.15, 0.2) is 0 Å². The number of para-hydroxylation sites is 1. The van der Waals surface area contributed by atoms with Crippen molar-refractivity contribution in [1.82, 2.24) is 5.32 Å². The van der Waals surface area contributed by atoms with Crippen LogP contribution in [0, 0.1) is 12.3 Å². The molecule has 0 aromatic heterocycles. The highest BCUT2D eigenvalue weighted by molar-refractivity contribution is 5.95. The standard InChI is InChI=1S/C22H30N2O/c1-6-24(19-15-11-10-12-17(19)2)20(25)16-23-21(22(3,4)5)18-13-8-7-9-14-18/h7-15,21,23H,6,16H2,1-5H3/t21-/m0/s1. The van der Waals surface area contributed by atoms with Gasteiger partial charge in [0.25, 0.3) is 0 Å². The van der Waals surface area contributed by atoms with E-state index in [2.05, 4.69) is 38.2 Å². The van der Waals surface area contributed by atoms with E-state index in [1.165, 1.54) is 5.56 Å². The van der Waals surface area contributed by atoms with Crippen molar-refractivity contribution in [3.8, 4) is 0 Å². The second kappa shape index (κ2) is 8.30. The first-order valence-corrected chi connectivity index (χ1v) is 8.99. The van der Waals surface area contributed by atoms with Gasteiger partial charge in [0, 0.05) is 18.3 Å². The zero-order chi connectivity index (χ0) is 18.4. The van der Waals surface area contributed by atoms with Crippen LogP contribution in [0.4, 0.5) is 5.69 Å². The van der Waals surface area contributed by atoms with Crippen molar-refractivity contribution in [3.63, 3.8) is 0 Å². The third-order valence-corrected chi connectivity index (χ3v) is 4.48. The molecular weight excluding hydrogens is 308 g/mol. The van der Waals surface area contributed by atoms with Crippen molar-refractivity contribution in [1.29, 1.82) is 0 Å². The maximum atomic E-state index is 12.9. The number of benzene rings is 2. The molecule has 2 rings (SSSR count). The molecule has 25 heavy (non-hydrogen) atoms. The topological polar surface area (TPSA) is 32.3 Å². The number of nitrogens with one attached hydrogen (secondary N) is 1. The van der Waals surface area contributed by atoms with Gasteiger partial charge < -0.3 is 10.2 Å². The Labute approximate surface area is 152 Å². The Morgan fingerprint density at radius 2 is 1.64 bits per heavy atom. The monoisotopic (exact) mass is 338 g/mol. The van der Waals surface area contributed by atoms with E-state index in [1.54, 1.807) is 0 Å². The summed E-state index contributed by atoms with van der Waals surface area (Å²) in [5.41, 5.74) is 3.33. The fourth-order valence-electron chi connectivity index (χ4n) is 3.20. The summed E-state index contributed by atoms with van der Waals surface area (Å²) in [6.45, 7) is 11.6. The third kappa shape index (κ3) is 4.93. The lowest BCUT2D eigenvalue weighted by atomic mass is 9.82. The highest BCUT2D eigenvalue weighted by Crippen LogP contribution is 2.32. The summed E-state index contributed by atoms with van der Waals surface area (Å²) >= 11 is 0. The number of hydrogen-bond donors (Lipinski definition) is 1. The molecule has 1 N–H and O–H groups in total. The van der Waals surface area contributed by atoms with Crippen LogP contribution in [0.2, 0.25) is 0 Å². The molecule has 0 unspecified atom stereocenters. The number of aryl methyl sites for hydroxylation is 1. The van der Waals surface area contributed by atoms with Gasteiger partial charge in [-0.2, -0.15) is 0 Å². The van der Waals surface area contributed by atoms with Crippen LogP contribution in [0.25, 0.3) is 0 Å². The van der Waals surface area contributed by atoms with Crippen molar-refractivity contribution in [3.05, 3.63) is 65.7 Å². The lowest BCUT2D eigenvalue weighted by molar-refractivity contribution is -0.118. The summed E-state index contributed by atoms with van der Waals surface area (Å²) in [5, 5.41) is 3.49. The Kier molecular flexibility index (Phi) is 6.38. The molecule has 2 aromatic rings. The number of likely N-dealkylation sites (N-methyl/N-ethyl adjacent to an activating group) is 1. The Morgan fingerprint density at radius 1 is 1.04 bits per heavy atom. The Bertz CT molecular complexity index is 689. The van der Waals surface area contributed by atoms with E-state index < -0.39 is 0 Å². The molecule has 0 aliphatic carbocycles. The fourth-order valence-corrected chi connectivity index (χ4v) is 3.20. The quantitative estimate of drug-likeness (QED) is 0.826. The first-order chi connectivity index (χ1) is 11.8. The normalized spacial score (nSPS) is 12.7. The van der Waals surface area contributed by atoms with Crippen molar-refractivity contribution in [2.75, 3.05) is 18.0 Å². The van der Waals surface area contributed by atoms with Crippen molar-refractivity contribution in [2.45, 2.75) is 40.7 Å². The van der Waals surface area contributed by atoms with Crippen molar-refractivity contribution < 1.29 is 4.79 Å². The summed E-state index contributed by atoms with van der Waals surface area (Å²) in [6, 6.07) is 18.5. The number of amides is 1. The van der Waals surface area contributed by atoms with Gasteiger partial charge in [-0.05, 0) is 36.5 Å². The average Bonchev–Trinajstić information content (AvgIpc) is 2.57. The molecule has 0 aliphatic heterocycles. The Balaban J connectivity index is 2.14. The van der Waals surface area contributed by atoms with Gasteiger partial charge in [-0.25, -0.2) is 0 Å². The molecule has 0 saturated heterocycles. The largest absolute Gasteiger partial charge is 0.311 e. The smallest absolute Gasteiger partial charge is 0.240 e. The molecule has 0 bridgehead atoms. The number of carbonyl (C=O) groups is 1. The lowest BCUT2D eigenvalue weighted by Crippen LogP contribution is -2.42. The van der Waals surface area contributed by atoms with Gasteiger partial charge in [0.1, 0.15) is 0 Å². The third-order valence-electron chi connectivity index (χ3n) is 4.48. The molecule has 3 heteroatoms. The maximum absolute atomic E-state index is 12.9. The molecule has 0 fully saturated rings. The summed E-state index contributed by atoms with van der Waals surface area (Å²) in [7, 11) is 0. The molecule has 0 saturated carbocycles. The van der Waals surface area contributed by atoms with Gasteiger partial charge in [0.05, 0.1) is 6.54 Å². The predicted octanol–water partition coefficient (Wildman–Crippen LogP) is 4.72. The van der Waals surface area contributed by atoms with Crippen LogP contribution in [-0.2, 0) is 4.79 Å². The molecule has 2 aromatic carbocycles. The molecule has 3 nitrogen and oxygen atoms in total. The summed E-state index contributed by atoms with van der Waals surface area (Å²) in [4.78, 5) is 14.7. The van der Waals surface area contributed by atoms with Crippen LogP contribution in [0.5, 0.6) is 0 Å². The molecule has 1 atom stereocenters. The minimum Gasteiger partial charge on any atom is -0.311 e. The van der Waals surface area contributed by atoms with E-state index in [4.69, 9.17) is 0 Å². The van der Waals surface area contributed by atoms with Crippen LogP contribution in [0.15, 0.2) is 54.6 Å². The first-order valence-electron chi connectivity index (χ1n) is 8.99. The van der Waals surface area contributed by atoms with Gasteiger partial charge >= 0.3 is 0 Å². The maximum Gasteiger partial charge on any atom is 0.240 e. The van der Waals surface area contributed by atoms with E-state index in [1.807, 2.05) is 61.2 Å². The SMILES string of the molecule is CCN(C(=O)CN[C@@H](c1ccccc1)C(C)(C)C)c1ccccc1C. The van der Waals surface area contributed by atoms with Crippen LogP contribution in [-0.4, -0.2) is 19.0 Å². The Morgan fingerprint density at radius 3 is 2.20 bits per heavy atom. The van der Waals surface area contributed by atoms with Gasteiger partial charge in [-0.15, -0.1) is 0 Å². The van der Waals surface area contributed by atoms with Crippen molar-refractivity contribution in [2.24, 2.45) is 5.41 Å². The second-order valence-electron chi connectivity index (χ2n) is 7.52. The molecule has 0 aliphatic rings. The zero-order valence-corrected chi connectivity index (χ0v) is 16.0. The molecule has 134 valence electrons. The number of hydrogen-bond acceptors (Lipinski definition) is 2. The molecule has 0 spiro atoms. The van der Waals surface area contributed by atoms with E-state index in [9.17, 15) is 4.79 Å². The average molecular weight is 338 g/mol.